The Hall–Kier alpha value is -1.91. The summed E-state index contributed by atoms with van der Waals surface area (Å²) >= 11 is 0. The molecule has 1 aliphatic rings. The van der Waals surface area contributed by atoms with E-state index in [1.165, 1.54) is 16.3 Å². The molecule has 0 aromatic heterocycles. The maximum absolute atomic E-state index is 12.1. The van der Waals surface area contributed by atoms with E-state index in [1.54, 1.807) is 19.0 Å². The standard InChI is InChI=1S/C18H22N2O2/c1-19(2)18(21)17-13-20(10-11-22-17)12-15-8-5-7-14-6-3-4-9-16(14)15/h3-9,17H,10-13H2,1-2H3. The first-order chi connectivity index (χ1) is 10.6. The molecule has 3 rings (SSSR count). The number of carbonyl (C=O) groups excluding carboxylic acids is 1. The lowest BCUT2D eigenvalue weighted by Gasteiger charge is -2.33. The van der Waals surface area contributed by atoms with Gasteiger partial charge in [0.25, 0.3) is 5.91 Å². The topological polar surface area (TPSA) is 32.8 Å². The predicted octanol–water partition coefficient (Wildman–Crippen LogP) is 2.13. The fourth-order valence-corrected chi connectivity index (χ4v) is 2.95. The Labute approximate surface area is 131 Å². The minimum absolute atomic E-state index is 0.0441. The summed E-state index contributed by atoms with van der Waals surface area (Å²) in [6, 6.07) is 14.8. The summed E-state index contributed by atoms with van der Waals surface area (Å²) in [5.41, 5.74) is 1.30. The first-order valence-corrected chi connectivity index (χ1v) is 7.67. The average Bonchev–Trinajstić information content (AvgIpc) is 2.55. The number of hydrogen-bond acceptors (Lipinski definition) is 3. The highest BCUT2D eigenvalue weighted by molar-refractivity contribution is 5.85. The van der Waals surface area contributed by atoms with Crippen molar-refractivity contribution in [2.75, 3.05) is 33.8 Å². The van der Waals surface area contributed by atoms with Crippen LogP contribution in [0.3, 0.4) is 0 Å². The monoisotopic (exact) mass is 298 g/mol. The summed E-state index contributed by atoms with van der Waals surface area (Å²) in [4.78, 5) is 16.0. The number of morpholine rings is 1. The van der Waals surface area contributed by atoms with Gasteiger partial charge < -0.3 is 9.64 Å². The molecule has 4 nitrogen and oxygen atoms in total. The Morgan fingerprint density at radius 2 is 2.00 bits per heavy atom. The molecule has 1 fully saturated rings. The molecule has 22 heavy (non-hydrogen) atoms. The van der Waals surface area contributed by atoms with Crippen LogP contribution >= 0.6 is 0 Å². The van der Waals surface area contributed by atoms with Crippen molar-refractivity contribution < 1.29 is 9.53 Å². The SMILES string of the molecule is CN(C)C(=O)C1CN(Cc2cccc3ccccc23)CCO1. The number of rotatable bonds is 3. The zero-order valence-electron chi connectivity index (χ0n) is 13.2. The Balaban J connectivity index is 1.76. The molecule has 116 valence electrons. The van der Waals surface area contributed by atoms with Crippen molar-refractivity contribution in [1.29, 1.82) is 0 Å². The van der Waals surface area contributed by atoms with E-state index < -0.39 is 0 Å². The molecule has 1 heterocycles. The molecule has 1 atom stereocenters. The van der Waals surface area contributed by atoms with Gasteiger partial charge in [0.1, 0.15) is 6.10 Å². The van der Waals surface area contributed by atoms with Gasteiger partial charge in [0, 0.05) is 33.7 Å². The van der Waals surface area contributed by atoms with E-state index in [2.05, 4.69) is 47.4 Å². The highest BCUT2D eigenvalue weighted by atomic mass is 16.5. The van der Waals surface area contributed by atoms with Crippen LogP contribution < -0.4 is 0 Å². The summed E-state index contributed by atoms with van der Waals surface area (Å²) in [5, 5.41) is 2.54. The van der Waals surface area contributed by atoms with Crippen LogP contribution in [-0.2, 0) is 16.1 Å². The minimum Gasteiger partial charge on any atom is -0.366 e. The van der Waals surface area contributed by atoms with Crippen LogP contribution in [0.5, 0.6) is 0 Å². The number of benzene rings is 2. The normalized spacial score (nSPS) is 19.3. The highest BCUT2D eigenvalue weighted by Crippen LogP contribution is 2.21. The largest absolute Gasteiger partial charge is 0.366 e. The zero-order chi connectivity index (χ0) is 15.5. The number of likely N-dealkylation sites (N-methyl/N-ethyl adjacent to an activating group) is 1. The quantitative estimate of drug-likeness (QED) is 0.870. The van der Waals surface area contributed by atoms with Crippen LogP contribution in [0.1, 0.15) is 5.56 Å². The second-order valence-electron chi connectivity index (χ2n) is 5.97. The molecule has 1 saturated heterocycles. The van der Waals surface area contributed by atoms with Crippen molar-refractivity contribution in [3.8, 4) is 0 Å². The molecule has 4 heteroatoms. The predicted molar refractivity (Wildman–Crippen MR) is 87.7 cm³/mol. The molecule has 0 N–H and O–H groups in total. The summed E-state index contributed by atoms with van der Waals surface area (Å²) in [6.45, 7) is 2.97. The van der Waals surface area contributed by atoms with Crippen molar-refractivity contribution >= 4 is 16.7 Å². The summed E-state index contributed by atoms with van der Waals surface area (Å²) in [5.74, 6) is 0.0441. The molecule has 2 aromatic rings. The third-order valence-electron chi connectivity index (χ3n) is 4.14. The van der Waals surface area contributed by atoms with Crippen molar-refractivity contribution in [1.82, 2.24) is 9.80 Å². The van der Waals surface area contributed by atoms with Crippen molar-refractivity contribution in [3.63, 3.8) is 0 Å². The Kier molecular flexibility index (Phi) is 4.41. The fraction of sp³-hybridized carbons (Fsp3) is 0.389. The van der Waals surface area contributed by atoms with E-state index in [9.17, 15) is 4.79 Å². The van der Waals surface area contributed by atoms with E-state index in [-0.39, 0.29) is 12.0 Å². The van der Waals surface area contributed by atoms with Crippen LogP contribution in [0.4, 0.5) is 0 Å². The number of amides is 1. The third-order valence-corrected chi connectivity index (χ3v) is 4.14. The van der Waals surface area contributed by atoms with Gasteiger partial charge in [0.2, 0.25) is 0 Å². The molecule has 0 saturated carbocycles. The average molecular weight is 298 g/mol. The molecule has 2 aromatic carbocycles. The second kappa shape index (κ2) is 6.46. The summed E-state index contributed by atoms with van der Waals surface area (Å²) in [6.07, 6.45) is -0.348. The van der Waals surface area contributed by atoms with Gasteiger partial charge in [-0.3, -0.25) is 9.69 Å². The van der Waals surface area contributed by atoms with E-state index in [4.69, 9.17) is 4.74 Å². The van der Waals surface area contributed by atoms with Crippen LogP contribution in [0.2, 0.25) is 0 Å². The van der Waals surface area contributed by atoms with Crippen LogP contribution in [0.25, 0.3) is 10.8 Å². The molecule has 0 spiro atoms. The van der Waals surface area contributed by atoms with E-state index in [0.717, 1.165) is 13.1 Å². The van der Waals surface area contributed by atoms with Gasteiger partial charge in [-0.25, -0.2) is 0 Å². The van der Waals surface area contributed by atoms with Crippen LogP contribution in [0.15, 0.2) is 42.5 Å². The lowest BCUT2D eigenvalue weighted by Crippen LogP contribution is -2.49. The smallest absolute Gasteiger partial charge is 0.252 e. The van der Waals surface area contributed by atoms with E-state index in [0.29, 0.717) is 13.2 Å². The highest BCUT2D eigenvalue weighted by Gasteiger charge is 2.27. The first kappa shape index (κ1) is 15.0. The number of fused-ring (bicyclic) bond motifs is 1. The van der Waals surface area contributed by atoms with E-state index in [1.807, 2.05) is 0 Å². The maximum Gasteiger partial charge on any atom is 0.252 e. The minimum atomic E-state index is -0.348. The molecular formula is C18H22N2O2. The molecule has 1 unspecified atom stereocenters. The lowest BCUT2D eigenvalue weighted by atomic mass is 10.0. The Morgan fingerprint density at radius 3 is 2.82 bits per heavy atom. The van der Waals surface area contributed by atoms with Gasteiger partial charge in [-0.05, 0) is 16.3 Å². The van der Waals surface area contributed by atoms with Crippen molar-refractivity contribution in [3.05, 3.63) is 48.0 Å². The first-order valence-electron chi connectivity index (χ1n) is 7.67. The van der Waals surface area contributed by atoms with Gasteiger partial charge >= 0.3 is 0 Å². The fourth-order valence-electron chi connectivity index (χ4n) is 2.95. The van der Waals surface area contributed by atoms with Gasteiger partial charge in [0.15, 0.2) is 0 Å². The van der Waals surface area contributed by atoms with Gasteiger partial charge in [-0.15, -0.1) is 0 Å². The van der Waals surface area contributed by atoms with Crippen molar-refractivity contribution in [2.45, 2.75) is 12.6 Å². The van der Waals surface area contributed by atoms with Gasteiger partial charge in [0.05, 0.1) is 6.61 Å². The Morgan fingerprint density at radius 1 is 1.23 bits per heavy atom. The van der Waals surface area contributed by atoms with Gasteiger partial charge in [-0.2, -0.15) is 0 Å². The van der Waals surface area contributed by atoms with Gasteiger partial charge in [-0.1, -0.05) is 42.5 Å². The molecule has 1 aliphatic heterocycles. The van der Waals surface area contributed by atoms with Crippen molar-refractivity contribution in [2.24, 2.45) is 0 Å². The number of hydrogen-bond donors (Lipinski definition) is 0. The number of nitrogens with zero attached hydrogens (tertiary/aromatic N) is 2. The molecule has 0 radical (unpaired) electrons. The second-order valence-corrected chi connectivity index (χ2v) is 5.97. The zero-order valence-corrected chi connectivity index (χ0v) is 13.2. The number of ether oxygens (including phenoxy) is 1. The molecule has 0 aliphatic carbocycles. The Bertz CT molecular complexity index is 664. The lowest BCUT2D eigenvalue weighted by molar-refractivity contribution is -0.147. The molecule has 1 amide bonds. The summed E-state index contributed by atoms with van der Waals surface area (Å²) in [7, 11) is 3.55. The van der Waals surface area contributed by atoms with Crippen LogP contribution in [0, 0.1) is 0 Å². The van der Waals surface area contributed by atoms with Crippen LogP contribution in [-0.4, -0.2) is 55.6 Å². The third kappa shape index (κ3) is 3.13. The molecular weight excluding hydrogens is 276 g/mol. The maximum atomic E-state index is 12.1. The van der Waals surface area contributed by atoms with E-state index >= 15 is 0 Å². The summed E-state index contributed by atoms with van der Waals surface area (Å²) < 4.78 is 5.62. The molecule has 0 bridgehead atoms. The number of carbonyl (C=O) groups is 1.